The van der Waals surface area contributed by atoms with Crippen molar-refractivity contribution < 1.29 is 9.18 Å². The normalized spacial score (nSPS) is 13.6. The molecule has 0 aliphatic carbocycles. The molecule has 1 unspecified atom stereocenters. The largest absolute Gasteiger partial charge is 0.345 e. The third-order valence-corrected chi connectivity index (χ3v) is 3.77. The first kappa shape index (κ1) is 18.4. The molecule has 0 aliphatic rings. The molecule has 1 atom stereocenters. The highest BCUT2D eigenvalue weighted by atomic mass is 79.9. The van der Waals surface area contributed by atoms with Gasteiger partial charge in [-0.15, -0.1) is 12.4 Å². The third kappa shape index (κ3) is 4.44. The van der Waals surface area contributed by atoms with Gasteiger partial charge in [0.15, 0.2) is 0 Å². The molecule has 0 aliphatic heterocycles. The number of amides is 1. The van der Waals surface area contributed by atoms with Crippen molar-refractivity contribution in [2.75, 3.05) is 6.54 Å². The number of hydrogen-bond donors (Lipinski definition) is 2. The Balaban J connectivity index is 0.00000324. The minimum atomic E-state index is -0.551. The Kier molecular flexibility index (Phi) is 6.97. The first-order chi connectivity index (χ1) is 8.30. The lowest BCUT2D eigenvalue weighted by molar-refractivity contribution is 0.0879. The maximum atomic E-state index is 13.7. The maximum absolute atomic E-state index is 13.7. The Morgan fingerprint density at radius 3 is 2.53 bits per heavy atom. The topological polar surface area (TPSA) is 55.1 Å². The second kappa shape index (κ2) is 7.22. The summed E-state index contributed by atoms with van der Waals surface area (Å²) in [4.78, 5) is 12.0. The van der Waals surface area contributed by atoms with Crippen LogP contribution in [-0.4, -0.2) is 18.0 Å². The molecule has 1 aromatic carbocycles. The van der Waals surface area contributed by atoms with Crippen LogP contribution in [0.15, 0.2) is 22.7 Å². The molecule has 0 radical (unpaired) electrons. The maximum Gasteiger partial charge on any atom is 0.254 e. The van der Waals surface area contributed by atoms with Gasteiger partial charge in [-0.2, -0.15) is 0 Å². The summed E-state index contributed by atoms with van der Waals surface area (Å²) in [6.45, 7) is 6.08. The van der Waals surface area contributed by atoms with Gasteiger partial charge in [-0.25, -0.2) is 4.39 Å². The summed E-state index contributed by atoms with van der Waals surface area (Å²) >= 11 is 3.15. The molecule has 0 aromatic heterocycles. The van der Waals surface area contributed by atoms with Crippen molar-refractivity contribution in [2.45, 2.75) is 26.3 Å². The van der Waals surface area contributed by atoms with Crippen molar-refractivity contribution in [2.24, 2.45) is 11.7 Å². The van der Waals surface area contributed by atoms with Crippen molar-refractivity contribution in [3.8, 4) is 0 Å². The standard InChI is InChI=1S/C13H18BrFN2O.ClH/c1-8(2)13(3,7-16)17-12(18)10-5-4-9(14)6-11(10)15;/h4-6,8H,7,16H2,1-3H3,(H,17,18);1H. The predicted octanol–water partition coefficient (Wildman–Crippen LogP) is 3.11. The van der Waals surface area contributed by atoms with Crippen LogP contribution in [-0.2, 0) is 0 Å². The average Bonchev–Trinajstić information content (AvgIpc) is 2.28. The minimum absolute atomic E-state index is 0. The SMILES string of the molecule is CC(C)C(C)(CN)NC(=O)c1ccc(Br)cc1F.Cl. The van der Waals surface area contributed by atoms with Crippen molar-refractivity contribution >= 4 is 34.2 Å². The Hall–Kier alpha value is -0.650. The van der Waals surface area contributed by atoms with Gasteiger partial charge in [0.2, 0.25) is 0 Å². The van der Waals surface area contributed by atoms with Crippen LogP contribution in [0.1, 0.15) is 31.1 Å². The van der Waals surface area contributed by atoms with Crippen LogP contribution >= 0.6 is 28.3 Å². The highest BCUT2D eigenvalue weighted by Crippen LogP contribution is 2.19. The number of benzene rings is 1. The predicted molar refractivity (Wildman–Crippen MR) is 81.1 cm³/mol. The number of carbonyl (C=O) groups is 1. The summed E-state index contributed by atoms with van der Waals surface area (Å²) < 4.78 is 14.3. The first-order valence-electron chi connectivity index (χ1n) is 5.78. The molecular formula is C13H19BrClFN2O. The summed E-state index contributed by atoms with van der Waals surface area (Å²) in [5.41, 5.74) is 5.16. The van der Waals surface area contributed by atoms with E-state index in [-0.39, 0.29) is 23.9 Å². The van der Waals surface area contributed by atoms with E-state index in [0.717, 1.165) is 0 Å². The molecule has 19 heavy (non-hydrogen) atoms. The Morgan fingerprint density at radius 1 is 1.53 bits per heavy atom. The fourth-order valence-electron chi connectivity index (χ4n) is 1.43. The summed E-state index contributed by atoms with van der Waals surface area (Å²) in [7, 11) is 0. The fraction of sp³-hybridized carbons (Fsp3) is 0.462. The van der Waals surface area contributed by atoms with E-state index in [0.29, 0.717) is 11.0 Å². The van der Waals surface area contributed by atoms with E-state index < -0.39 is 17.3 Å². The molecular weight excluding hydrogens is 335 g/mol. The van der Waals surface area contributed by atoms with Gasteiger partial charge < -0.3 is 11.1 Å². The molecule has 0 bridgehead atoms. The van der Waals surface area contributed by atoms with E-state index in [1.807, 2.05) is 20.8 Å². The van der Waals surface area contributed by atoms with Crippen LogP contribution in [0.2, 0.25) is 0 Å². The van der Waals surface area contributed by atoms with Gasteiger partial charge in [0.25, 0.3) is 5.91 Å². The molecule has 0 heterocycles. The number of hydrogen-bond acceptors (Lipinski definition) is 2. The molecule has 0 saturated heterocycles. The lowest BCUT2D eigenvalue weighted by Gasteiger charge is -2.33. The molecule has 0 spiro atoms. The van der Waals surface area contributed by atoms with Gasteiger partial charge in [-0.1, -0.05) is 29.8 Å². The number of halogens is 3. The number of carbonyl (C=O) groups excluding carboxylic acids is 1. The lowest BCUT2D eigenvalue weighted by Crippen LogP contribution is -2.55. The van der Waals surface area contributed by atoms with Gasteiger partial charge in [0, 0.05) is 11.0 Å². The highest BCUT2D eigenvalue weighted by Gasteiger charge is 2.29. The summed E-state index contributed by atoms with van der Waals surface area (Å²) in [5, 5.41) is 2.80. The van der Waals surface area contributed by atoms with Gasteiger partial charge in [0.1, 0.15) is 5.82 Å². The van der Waals surface area contributed by atoms with Crippen LogP contribution in [0.25, 0.3) is 0 Å². The quantitative estimate of drug-likeness (QED) is 0.874. The van der Waals surface area contributed by atoms with Gasteiger partial charge in [-0.3, -0.25) is 4.79 Å². The minimum Gasteiger partial charge on any atom is -0.345 e. The molecule has 1 rings (SSSR count). The zero-order chi connectivity index (χ0) is 13.9. The summed E-state index contributed by atoms with van der Waals surface area (Å²) in [5.74, 6) is -0.836. The smallest absolute Gasteiger partial charge is 0.254 e. The van der Waals surface area contributed by atoms with E-state index >= 15 is 0 Å². The molecule has 0 fully saturated rings. The van der Waals surface area contributed by atoms with Gasteiger partial charge in [-0.05, 0) is 31.0 Å². The van der Waals surface area contributed by atoms with E-state index in [9.17, 15) is 9.18 Å². The van der Waals surface area contributed by atoms with Crippen molar-refractivity contribution in [1.29, 1.82) is 0 Å². The number of nitrogens with one attached hydrogen (secondary N) is 1. The highest BCUT2D eigenvalue weighted by molar-refractivity contribution is 9.10. The Labute approximate surface area is 127 Å². The van der Waals surface area contributed by atoms with Crippen LogP contribution in [0.3, 0.4) is 0 Å². The van der Waals surface area contributed by atoms with E-state index in [4.69, 9.17) is 5.73 Å². The summed E-state index contributed by atoms with van der Waals surface area (Å²) in [6.07, 6.45) is 0. The van der Waals surface area contributed by atoms with Crippen LogP contribution < -0.4 is 11.1 Å². The van der Waals surface area contributed by atoms with Crippen LogP contribution in [0.5, 0.6) is 0 Å². The third-order valence-electron chi connectivity index (χ3n) is 3.27. The first-order valence-corrected chi connectivity index (χ1v) is 6.57. The number of rotatable bonds is 4. The molecule has 1 aromatic rings. The zero-order valence-electron chi connectivity index (χ0n) is 11.2. The van der Waals surface area contributed by atoms with Crippen LogP contribution in [0, 0.1) is 11.7 Å². The monoisotopic (exact) mass is 352 g/mol. The van der Waals surface area contributed by atoms with Gasteiger partial charge in [0.05, 0.1) is 11.1 Å². The Bertz CT molecular complexity index is 456. The van der Waals surface area contributed by atoms with Crippen molar-refractivity contribution in [3.63, 3.8) is 0 Å². The second-order valence-corrected chi connectivity index (χ2v) is 5.77. The molecule has 6 heteroatoms. The van der Waals surface area contributed by atoms with Crippen LogP contribution in [0.4, 0.5) is 4.39 Å². The Morgan fingerprint density at radius 2 is 2.11 bits per heavy atom. The molecule has 1 amide bonds. The van der Waals surface area contributed by atoms with E-state index in [1.54, 1.807) is 6.07 Å². The molecule has 3 nitrogen and oxygen atoms in total. The summed E-state index contributed by atoms with van der Waals surface area (Å²) in [6, 6.07) is 4.35. The van der Waals surface area contributed by atoms with E-state index in [2.05, 4.69) is 21.2 Å². The van der Waals surface area contributed by atoms with Crippen molar-refractivity contribution in [1.82, 2.24) is 5.32 Å². The van der Waals surface area contributed by atoms with Gasteiger partial charge >= 0.3 is 0 Å². The lowest BCUT2D eigenvalue weighted by atomic mass is 9.88. The molecule has 108 valence electrons. The molecule has 0 saturated carbocycles. The molecule has 3 N–H and O–H groups in total. The number of nitrogens with two attached hydrogens (primary N) is 1. The average molecular weight is 354 g/mol. The fourth-order valence-corrected chi connectivity index (χ4v) is 1.76. The van der Waals surface area contributed by atoms with E-state index in [1.165, 1.54) is 12.1 Å². The second-order valence-electron chi connectivity index (χ2n) is 4.85. The van der Waals surface area contributed by atoms with Crippen molar-refractivity contribution in [3.05, 3.63) is 34.1 Å². The zero-order valence-corrected chi connectivity index (χ0v) is 13.6.